The van der Waals surface area contributed by atoms with Crippen molar-refractivity contribution in [3.8, 4) is 11.5 Å². The lowest BCUT2D eigenvalue weighted by Gasteiger charge is -2.40. The van der Waals surface area contributed by atoms with Crippen molar-refractivity contribution in [2.45, 2.75) is 44.9 Å². The van der Waals surface area contributed by atoms with Crippen molar-refractivity contribution in [1.82, 2.24) is 14.1 Å². The lowest BCUT2D eigenvalue weighted by Crippen LogP contribution is -2.54. The SMILES string of the molecule is COc1cc(CN(C)C(=O)C(C)(CCN2CCN(S(C)(=O)=O)C(C)C2)c2ccc(Cl)c(Cl)c2)ccc1OC(F)F. The molecule has 222 valence electrons. The van der Waals surface area contributed by atoms with Gasteiger partial charge in [0.05, 0.1) is 28.8 Å². The number of halogens is 4. The van der Waals surface area contributed by atoms with E-state index < -0.39 is 22.0 Å². The maximum Gasteiger partial charge on any atom is 0.387 e. The monoisotopic (exact) mass is 621 g/mol. The molecule has 0 spiro atoms. The third kappa shape index (κ3) is 7.76. The van der Waals surface area contributed by atoms with Gasteiger partial charge in [0.2, 0.25) is 15.9 Å². The first-order valence-corrected chi connectivity index (χ1v) is 15.3. The number of benzene rings is 2. The Labute approximate surface area is 244 Å². The van der Waals surface area contributed by atoms with E-state index in [1.807, 2.05) is 13.8 Å². The smallest absolute Gasteiger partial charge is 0.387 e. The molecule has 3 rings (SSSR count). The Morgan fingerprint density at radius 1 is 1.15 bits per heavy atom. The fourth-order valence-electron chi connectivity index (χ4n) is 5.08. The van der Waals surface area contributed by atoms with Gasteiger partial charge in [0.1, 0.15) is 0 Å². The van der Waals surface area contributed by atoms with E-state index in [-0.39, 0.29) is 30.0 Å². The summed E-state index contributed by atoms with van der Waals surface area (Å²) in [6.45, 7) is 2.93. The summed E-state index contributed by atoms with van der Waals surface area (Å²) in [4.78, 5) is 17.8. The maximum absolute atomic E-state index is 14.0. The average molecular weight is 623 g/mol. The van der Waals surface area contributed by atoms with Gasteiger partial charge in [0.15, 0.2) is 11.5 Å². The Bertz CT molecular complexity index is 1320. The van der Waals surface area contributed by atoms with Gasteiger partial charge in [-0.05, 0) is 62.2 Å². The number of ether oxygens (including phenoxy) is 2. The van der Waals surface area contributed by atoms with E-state index in [9.17, 15) is 22.0 Å². The molecule has 40 heavy (non-hydrogen) atoms. The highest BCUT2D eigenvalue weighted by atomic mass is 35.5. The van der Waals surface area contributed by atoms with Crippen LogP contribution in [-0.4, -0.2) is 87.7 Å². The normalized spacial score (nSPS) is 18.4. The third-order valence-electron chi connectivity index (χ3n) is 7.24. The minimum atomic E-state index is -3.30. The van der Waals surface area contributed by atoms with Crippen LogP contribution in [0.4, 0.5) is 8.78 Å². The largest absolute Gasteiger partial charge is 0.493 e. The Morgan fingerprint density at radius 2 is 1.85 bits per heavy atom. The van der Waals surface area contributed by atoms with E-state index in [1.165, 1.54) is 23.7 Å². The quantitative estimate of drug-likeness (QED) is 0.356. The number of amides is 1. The fourth-order valence-corrected chi connectivity index (χ4v) is 6.51. The Hall–Kier alpha value is -2.18. The van der Waals surface area contributed by atoms with Crippen LogP contribution < -0.4 is 9.47 Å². The van der Waals surface area contributed by atoms with Crippen LogP contribution in [0.2, 0.25) is 10.0 Å². The highest BCUT2D eigenvalue weighted by Gasteiger charge is 2.39. The molecule has 1 fully saturated rings. The predicted octanol–water partition coefficient (Wildman–Crippen LogP) is 4.88. The lowest BCUT2D eigenvalue weighted by atomic mass is 9.77. The second-order valence-electron chi connectivity index (χ2n) is 10.3. The molecule has 0 aliphatic carbocycles. The summed E-state index contributed by atoms with van der Waals surface area (Å²) >= 11 is 12.5. The maximum atomic E-state index is 14.0. The molecular weight excluding hydrogens is 587 g/mol. The summed E-state index contributed by atoms with van der Waals surface area (Å²) in [7, 11) is -0.278. The van der Waals surface area contributed by atoms with Crippen LogP contribution in [0.15, 0.2) is 36.4 Å². The lowest BCUT2D eigenvalue weighted by molar-refractivity contribution is -0.136. The van der Waals surface area contributed by atoms with Gasteiger partial charge in [-0.25, -0.2) is 8.42 Å². The molecule has 13 heteroatoms. The van der Waals surface area contributed by atoms with Gasteiger partial charge >= 0.3 is 6.61 Å². The zero-order valence-corrected chi connectivity index (χ0v) is 25.5. The molecule has 1 aliphatic rings. The molecule has 1 aliphatic heterocycles. The van der Waals surface area contributed by atoms with Crippen molar-refractivity contribution in [3.05, 3.63) is 57.6 Å². The highest BCUT2D eigenvalue weighted by molar-refractivity contribution is 7.88. The summed E-state index contributed by atoms with van der Waals surface area (Å²) < 4.78 is 60.8. The number of hydrogen-bond acceptors (Lipinski definition) is 6. The number of carbonyl (C=O) groups is 1. The van der Waals surface area contributed by atoms with Gasteiger partial charge in [-0.1, -0.05) is 35.3 Å². The first kappa shape index (κ1) is 32.3. The Balaban J connectivity index is 1.83. The molecule has 2 atom stereocenters. The van der Waals surface area contributed by atoms with E-state index in [0.29, 0.717) is 53.8 Å². The number of nitrogens with zero attached hydrogens (tertiary/aromatic N) is 3. The van der Waals surface area contributed by atoms with Crippen molar-refractivity contribution in [1.29, 1.82) is 0 Å². The average Bonchev–Trinajstić information content (AvgIpc) is 2.88. The predicted molar refractivity (Wildman–Crippen MR) is 152 cm³/mol. The molecule has 1 saturated heterocycles. The summed E-state index contributed by atoms with van der Waals surface area (Å²) in [6.07, 6.45) is 1.65. The van der Waals surface area contributed by atoms with Crippen LogP contribution in [0.3, 0.4) is 0 Å². The molecule has 0 aromatic heterocycles. The summed E-state index contributed by atoms with van der Waals surface area (Å²) in [5, 5.41) is 0.702. The highest BCUT2D eigenvalue weighted by Crippen LogP contribution is 2.36. The second kappa shape index (κ2) is 13.2. The second-order valence-corrected chi connectivity index (χ2v) is 13.0. The number of hydrogen-bond donors (Lipinski definition) is 0. The van der Waals surface area contributed by atoms with Crippen molar-refractivity contribution in [2.24, 2.45) is 0 Å². The molecule has 0 N–H and O–H groups in total. The van der Waals surface area contributed by atoms with E-state index in [1.54, 1.807) is 42.3 Å². The topological polar surface area (TPSA) is 79.4 Å². The standard InChI is InChI=1S/C27H35Cl2F2N3O5S/c1-18-16-33(12-13-34(18)40(5,36)37)11-10-27(2,20-7-8-21(28)22(29)15-20)25(35)32(3)17-19-6-9-23(39-26(30)31)24(14-19)38-4/h6-9,14-15,18,26H,10-13,16-17H2,1-5H3. The first-order chi connectivity index (χ1) is 18.6. The van der Waals surface area contributed by atoms with Gasteiger partial charge < -0.3 is 19.3 Å². The van der Waals surface area contributed by atoms with Crippen LogP contribution >= 0.6 is 23.2 Å². The Kier molecular flexibility index (Phi) is 10.7. The van der Waals surface area contributed by atoms with Crippen LogP contribution in [-0.2, 0) is 26.8 Å². The third-order valence-corrected chi connectivity index (χ3v) is 9.38. The minimum absolute atomic E-state index is 0.0962. The number of alkyl halides is 2. The van der Waals surface area contributed by atoms with Gasteiger partial charge in [-0.2, -0.15) is 13.1 Å². The number of piperazine rings is 1. The van der Waals surface area contributed by atoms with Crippen molar-refractivity contribution >= 4 is 39.1 Å². The zero-order valence-electron chi connectivity index (χ0n) is 23.2. The number of rotatable bonds is 11. The molecule has 0 saturated carbocycles. The number of methoxy groups -OCH3 is 1. The van der Waals surface area contributed by atoms with Crippen molar-refractivity contribution in [3.63, 3.8) is 0 Å². The molecule has 2 aromatic rings. The summed E-state index contributed by atoms with van der Waals surface area (Å²) in [5.41, 5.74) is 0.361. The van der Waals surface area contributed by atoms with Crippen LogP contribution in [0.25, 0.3) is 0 Å². The molecule has 2 unspecified atom stereocenters. The fraction of sp³-hybridized carbons (Fsp3) is 0.519. The van der Waals surface area contributed by atoms with Gasteiger partial charge in [-0.15, -0.1) is 0 Å². The summed E-state index contributed by atoms with van der Waals surface area (Å²) in [5.74, 6) is -0.144. The Morgan fingerprint density at radius 3 is 2.42 bits per heavy atom. The molecule has 2 aromatic carbocycles. The van der Waals surface area contributed by atoms with E-state index in [2.05, 4.69) is 9.64 Å². The summed E-state index contributed by atoms with van der Waals surface area (Å²) in [6, 6.07) is 9.48. The van der Waals surface area contributed by atoms with E-state index >= 15 is 0 Å². The van der Waals surface area contributed by atoms with Crippen molar-refractivity contribution < 1.29 is 31.5 Å². The zero-order chi connectivity index (χ0) is 29.8. The van der Waals surface area contributed by atoms with Gasteiger partial charge in [-0.3, -0.25) is 4.79 Å². The van der Waals surface area contributed by atoms with Gasteiger partial charge in [0, 0.05) is 39.3 Å². The number of sulfonamides is 1. The van der Waals surface area contributed by atoms with E-state index in [0.717, 1.165) is 0 Å². The minimum Gasteiger partial charge on any atom is -0.493 e. The van der Waals surface area contributed by atoms with Crippen molar-refractivity contribution in [2.75, 3.05) is 46.6 Å². The number of likely N-dealkylation sites (N-methyl/N-ethyl adjacent to an activating group) is 1. The molecule has 0 radical (unpaired) electrons. The number of carbonyl (C=O) groups excluding carboxylic acids is 1. The van der Waals surface area contributed by atoms with E-state index in [4.69, 9.17) is 27.9 Å². The molecule has 1 heterocycles. The molecule has 1 amide bonds. The molecule has 0 bridgehead atoms. The molecule has 8 nitrogen and oxygen atoms in total. The molecular formula is C27H35Cl2F2N3O5S. The van der Waals surface area contributed by atoms with Crippen LogP contribution in [0.5, 0.6) is 11.5 Å². The van der Waals surface area contributed by atoms with Crippen LogP contribution in [0, 0.1) is 0 Å². The van der Waals surface area contributed by atoms with Crippen LogP contribution in [0.1, 0.15) is 31.4 Å². The first-order valence-electron chi connectivity index (χ1n) is 12.7. The van der Waals surface area contributed by atoms with Gasteiger partial charge in [0.25, 0.3) is 0 Å².